The van der Waals surface area contributed by atoms with Gasteiger partial charge >= 0.3 is 0 Å². The highest BCUT2D eigenvalue weighted by Crippen LogP contribution is 2.26. The molecule has 0 amide bonds. The smallest absolute Gasteiger partial charge is 0.142 e. The maximum Gasteiger partial charge on any atom is 0.142 e. The van der Waals surface area contributed by atoms with Gasteiger partial charge in [-0.3, -0.25) is 0 Å². The minimum atomic E-state index is -0.706. The highest BCUT2D eigenvalue weighted by Gasteiger charge is 2.17. The van der Waals surface area contributed by atoms with Crippen LogP contribution in [0.25, 0.3) is 0 Å². The van der Waals surface area contributed by atoms with Gasteiger partial charge in [0, 0.05) is 24.5 Å². The molecule has 90 valence electrons. The Kier molecular flexibility index (Phi) is 3.50. The molecule has 1 aromatic carbocycles. The van der Waals surface area contributed by atoms with Crippen LogP contribution in [0, 0.1) is 0 Å². The first-order valence-electron chi connectivity index (χ1n) is 5.57. The Hall–Kier alpha value is -1.32. The van der Waals surface area contributed by atoms with Crippen molar-refractivity contribution in [2.45, 2.75) is 19.4 Å². The van der Waals surface area contributed by atoms with E-state index < -0.39 is 6.10 Å². The van der Waals surface area contributed by atoms with E-state index in [1.807, 2.05) is 36.9 Å². The summed E-state index contributed by atoms with van der Waals surface area (Å²) in [5, 5.41) is 11.0. The molecule has 17 heavy (non-hydrogen) atoms. The van der Waals surface area contributed by atoms with E-state index in [1.54, 1.807) is 12.3 Å². The number of aromatic nitrogens is 2. The van der Waals surface area contributed by atoms with Crippen LogP contribution in [-0.2, 0) is 13.5 Å². The molecule has 0 spiro atoms. The van der Waals surface area contributed by atoms with Gasteiger partial charge in [0.2, 0.25) is 0 Å². The zero-order chi connectivity index (χ0) is 12.4. The van der Waals surface area contributed by atoms with Gasteiger partial charge in [0.05, 0.1) is 0 Å². The van der Waals surface area contributed by atoms with Crippen molar-refractivity contribution in [3.05, 3.63) is 52.6 Å². The van der Waals surface area contributed by atoms with Crippen molar-refractivity contribution in [3.63, 3.8) is 0 Å². The van der Waals surface area contributed by atoms with E-state index in [9.17, 15) is 5.11 Å². The van der Waals surface area contributed by atoms with Crippen LogP contribution < -0.4 is 0 Å². The first-order valence-corrected chi connectivity index (χ1v) is 5.95. The number of rotatable bonds is 3. The molecule has 4 heteroatoms. The topological polar surface area (TPSA) is 38.1 Å². The van der Waals surface area contributed by atoms with Gasteiger partial charge in [0.25, 0.3) is 0 Å². The van der Waals surface area contributed by atoms with Gasteiger partial charge < -0.3 is 9.67 Å². The Morgan fingerprint density at radius 1 is 1.47 bits per heavy atom. The second-order valence-corrected chi connectivity index (χ2v) is 4.43. The van der Waals surface area contributed by atoms with E-state index in [-0.39, 0.29) is 0 Å². The van der Waals surface area contributed by atoms with Gasteiger partial charge in [-0.1, -0.05) is 24.6 Å². The van der Waals surface area contributed by atoms with Crippen LogP contribution in [0.3, 0.4) is 0 Å². The predicted octanol–water partition coefficient (Wildman–Crippen LogP) is 2.72. The maximum absolute atomic E-state index is 10.3. The normalized spacial score (nSPS) is 12.7. The first kappa shape index (κ1) is 12.1. The summed E-state index contributed by atoms with van der Waals surface area (Å²) in [6.07, 6.45) is 3.62. The summed E-state index contributed by atoms with van der Waals surface area (Å²) in [5.41, 5.74) is 1.92. The monoisotopic (exact) mass is 250 g/mol. The summed E-state index contributed by atoms with van der Waals surface area (Å²) in [6.45, 7) is 2.04. The molecule has 0 saturated heterocycles. The van der Waals surface area contributed by atoms with Gasteiger partial charge in [-0.25, -0.2) is 4.98 Å². The molecule has 1 heterocycles. The fourth-order valence-corrected chi connectivity index (χ4v) is 2.12. The van der Waals surface area contributed by atoms with Crippen LogP contribution >= 0.6 is 11.6 Å². The summed E-state index contributed by atoms with van der Waals surface area (Å²) < 4.78 is 1.82. The van der Waals surface area contributed by atoms with Crippen LogP contribution in [-0.4, -0.2) is 14.7 Å². The lowest BCUT2D eigenvalue weighted by Gasteiger charge is -2.15. The summed E-state index contributed by atoms with van der Waals surface area (Å²) >= 11 is 5.95. The van der Waals surface area contributed by atoms with Crippen LogP contribution in [0.1, 0.15) is 30.0 Å². The molecule has 1 atom stereocenters. The summed E-state index contributed by atoms with van der Waals surface area (Å²) in [5.74, 6) is 0.641. The summed E-state index contributed by atoms with van der Waals surface area (Å²) in [6, 6.07) is 5.55. The Morgan fingerprint density at radius 2 is 2.24 bits per heavy atom. The number of hydrogen-bond acceptors (Lipinski definition) is 2. The van der Waals surface area contributed by atoms with E-state index in [1.165, 1.54) is 0 Å². The number of aryl methyl sites for hydroxylation is 2. The minimum absolute atomic E-state index is 0.641. The lowest BCUT2D eigenvalue weighted by molar-refractivity contribution is 0.205. The molecule has 0 saturated carbocycles. The third-order valence-electron chi connectivity index (χ3n) is 2.88. The van der Waals surface area contributed by atoms with Crippen molar-refractivity contribution in [1.29, 1.82) is 0 Å². The van der Waals surface area contributed by atoms with Crippen molar-refractivity contribution in [2.75, 3.05) is 0 Å². The number of nitrogens with zero attached hydrogens (tertiary/aromatic N) is 2. The fraction of sp³-hybridized carbons (Fsp3) is 0.308. The molecule has 2 rings (SSSR count). The molecule has 0 radical (unpaired) electrons. The highest BCUT2D eigenvalue weighted by molar-refractivity contribution is 6.30. The van der Waals surface area contributed by atoms with Crippen molar-refractivity contribution in [3.8, 4) is 0 Å². The number of benzene rings is 1. The molecule has 0 aliphatic rings. The van der Waals surface area contributed by atoms with Crippen molar-refractivity contribution >= 4 is 11.6 Å². The fourth-order valence-electron chi connectivity index (χ4n) is 1.93. The van der Waals surface area contributed by atoms with E-state index >= 15 is 0 Å². The van der Waals surface area contributed by atoms with Crippen molar-refractivity contribution < 1.29 is 5.11 Å². The van der Waals surface area contributed by atoms with E-state index in [0.29, 0.717) is 10.8 Å². The summed E-state index contributed by atoms with van der Waals surface area (Å²) in [7, 11) is 1.87. The van der Waals surface area contributed by atoms with Crippen LogP contribution in [0.5, 0.6) is 0 Å². The van der Waals surface area contributed by atoms with Gasteiger partial charge in [0.15, 0.2) is 0 Å². The Balaban J connectivity index is 2.44. The van der Waals surface area contributed by atoms with Crippen LogP contribution in [0.15, 0.2) is 30.6 Å². The number of halogens is 1. The standard InChI is InChI=1S/C13H15ClN2O/c1-3-9-8-10(14)4-5-11(9)12(17)13-15-6-7-16(13)2/h4-8,12,17H,3H2,1-2H3. The molecule has 0 aliphatic carbocycles. The second kappa shape index (κ2) is 4.90. The molecule has 0 bridgehead atoms. The average molecular weight is 251 g/mol. The van der Waals surface area contributed by atoms with Gasteiger partial charge in [-0.15, -0.1) is 0 Å². The molecule has 2 aromatic rings. The third kappa shape index (κ3) is 2.35. The number of imidazole rings is 1. The number of aliphatic hydroxyl groups is 1. The van der Waals surface area contributed by atoms with Crippen LogP contribution in [0.4, 0.5) is 0 Å². The average Bonchev–Trinajstić information content (AvgIpc) is 2.74. The number of hydrogen-bond donors (Lipinski definition) is 1. The zero-order valence-electron chi connectivity index (χ0n) is 9.89. The zero-order valence-corrected chi connectivity index (χ0v) is 10.6. The quantitative estimate of drug-likeness (QED) is 0.910. The minimum Gasteiger partial charge on any atom is -0.380 e. The highest BCUT2D eigenvalue weighted by atomic mass is 35.5. The molecule has 1 N–H and O–H groups in total. The summed E-state index contributed by atoms with van der Waals surface area (Å²) in [4.78, 5) is 4.17. The molecular formula is C13H15ClN2O. The van der Waals surface area contributed by atoms with Crippen molar-refractivity contribution in [2.24, 2.45) is 7.05 Å². The van der Waals surface area contributed by atoms with Gasteiger partial charge in [-0.05, 0) is 29.7 Å². The maximum atomic E-state index is 10.3. The SMILES string of the molecule is CCc1cc(Cl)ccc1C(O)c1nccn1C. The lowest BCUT2D eigenvalue weighted by Crippen LogP contribution is -2.09. The lowest BCUT2D eigenvalue weighted by atomic mass is 10.00. The van der Waals surface area contributed by atoms with Gasteiger partial charge in [0.1, 0.15) is 11.9 Å². The molecule has 0 fully saturated rings. The molecular weight excluding hydrogens is 236 g/mol. The molecule has 0 aliphatic heterocycles. The first-order chi connectivity index (χ1) is 8.13. The third-order valence-corrected chi connectivity index (χ3v) is 3.12. The largest absolute Gasteiger partial charge is 0.380 e. The molecule has 3 nitrogen and oxygen atoms in total. The van der Waals surface area contributed by atoms with E-state index in [2.05, 4.69) is 4.98 Å². The van der Waals surface area contributed by atoms with Gasteiger partial charge in [-0.2, -0.15) is 0 Å². The van der Waals surface area contributed by atoms with Crippen molar-refractivity contribution in [1.82, 2.24) is 9.55 Å². The predicted molar refractivity (Wildman–Crippen MR) is 68.1 cm³/mol. The Labute approximate surface area is 106 Å². The van der Waals surface area contributed by atoms with E-state index in [0.717, 1.165) is 17.5 Å². The Morgan fingerprint density at radius 3 is 2.82 bits per heavy atom. The Bertz CT molecular complexity index is 522. The number of aliphatic hydroxyl groups excluding tert-OH is 1. The van der Waals surface area contributed by atoms with Crippen LogP contribution in [0.2, 0.25) is 5.02 Å². The second-order valence-electron chi connectivity index (χ2n) is 4.00. The molecule has 1 unspecified atom stereocenters. The van der Waals surface area contributed by atoms with E-state index in [4.69, 9.17) is 11.6 Å². The molecule has 1 aromatic heterocycles.